The van der Waals surface area contributed by atoms with Gasteiger partial charge in [0.2, 0.25) is 0 Å². The van der Waals surface area contributed by atoms with Crippen LogP contribution in [0.5, 0.6) is 0 Å². The second-order valence-corrected chi connectivity index (χ2v) is 4.20. The van der Waals surface area contributed by atoms with Crippen LogP contribution in [-0.2, 0) is 28.8 Å². The first kappa shape index (κ1) is 31.9. The van der Waals surface area contributed by atoms with Gasteiger partial charge in [-0.1, -0.05) is 6.07 Å². The van der Waals surface area contributed by atoms with Crippen molar-refractivity contribution in [1.82, 2.24) is 0 Å². The van der Waals surface area contributed by atoms with Crippen molar-refractivity contribution in [1.29, 1.82) is 0 Å². The van der Waals surface area contributed by atoms with Gasteiger partial charge in [0.1, 0.15) is 0 Å². The minimum Gasteiger partial charge on any atom is -0.168 e. The SMILES string of the molecule is CC(=O)O.CC(=O)O.[C-]1=CC=CC1.[CH3-].[CH3-].[Si]=[Ti].c1ccc2[cH-]ccc2c1. The fraction of sp³-hybridized carbons (Fsp3) is 0.150. The number of allylic oxidation sites excluding steroid dienone is 4. The minimum atomic E-state index is -0.833. The van der Waals surface area contributed by atoms with Gasteiger partial charge in [0.25, 0.3) is 11.9 Å². The Kier molecular flexibility index (Phi) is 28.4. The Morgan fingerprint density at radius 2 is 1.58 bits per heavy atom. The van der Waals surface area contributed by atoms with Crippen molar-refractivity contribution in [2.75, 3.05) is 0 Å². The number of hydrogen-bond donors (Lipinski definition) is 2. The average molecular weight is 406 g/mol. The topological polar surface area (TPSA) is 74.6 Å². The number of fused-ring (bicyclic) bond motifs is 1. The van der Waals surface area contributed by atoms with E-state index in [-0.39, 0.29) is 14.9 Å². The van der Waals surface area contributed by atoms with Crippen molar-refractivity contribution in [3.63, 3.8) is 0 Å². The number of carboxylic acid groups (broad SMARTS) is 2. The van der Waals surface area contributed by atoms with Crippen LogP contribution in [0.3, 0.4) is 0 Å². The van der Waals surface area contributed by atoms with Gasteiger partial charge in [-0.05, 0) is 0 Å². The Morgan fingerprint density at radius 3 is 1.92 bits per heavy atom. The van der Waals surface area contributed by atoms with Crippen LogP contribution in [0.2, 0.25) is 0 Å². The molecular formula is C20H26O4SiTi-4. The summed E-state index contributed by atoms with van der Waals surface area (Å²) in [6.45, 7) is 2.17. The third kappa shape index (κ3) is 24.4. The van der Waals surface area contributed by atoms with Crippen molar-refractivity contribution < 1.29 is 39.0 Å². The minimum absolute atomic E-state index is 0. The molecule has 0 spiro atoms. The van der Waals surface area contributed by atoms with E-state index in [1.807, 2.05) is 12.2 Å². The van der Waals surface area contributed by atoms with E-state index in [0.717, 1.165) is 20.3 Å². The average Bonchev–Trinajstić information content (AvgIpc) is 3.23. The summed E-state index contributed by atoms with van der Waals surface area (Å²) in [5.41, 5.74) is 0. The molecule has 2 aromatic carbocycles. The molecule has 0 saturated carbocycles. The van der Waals surface area contributed by atoms with Crippen molar-refractivity contribution >= 4 is 30.3 Å². The maximum absolute atomic E-state index is 9.00. The van der Waals surface area contributed by atoms with E-state index in [2.05, 4.69) is 62.2 Å². The Labute approximate surface area is 171 Å². The third-order valence-corrected chi connectivity index (χ3v) is 2.13. The first-order valence-electron chi connectivity index (χ1n) is 6.89. The predicted molar refractivity (Wildman–Crippen MR) is 106 cm³/mol. The second kappa shape index (κ2) is 23.2. The van der Waals surface area contributed by atoms with Crippen LogP contribution in [0.1, 0.15) is 20.3 Å². The predicted octanol–water partition coefficient (Wildman–Crippen LogP) is 4.56. The van der Waals surface area contributed by atoms with Gasteiger partial charge in [-0.25, -0.2) is 12.2 Å². The van der Waals surface area contributed by atoms with Gasteiger partial charge in [0.05, 0.1) is 0 Å². The van der Waals surface area contributed by atoms with E-state index < -0.39 is 11.9 Å². The smallest absolute Gasteiger partial charge is 0.0809 e. The van der Waals surface area contributed by atoms with Crippen LogP contribution < -0.4 is 0 Å². The Morgan fingerprint density at radius 1 is 1.08 bits per heavy atom. The third-order valence-electron chi connectivity index (χ3n) is 2.13. The molecule has 26 heavy (non-hydrogen) atoms. The van der Waals surface area contributed by atoms with Gasteiger partial charge in [-0.2, -0.15) is 23.6 Å². The fourth-order valence-corrected chi connectivity index (χ4v) is 1.41. The summed E-state index contributed by atoms with van der Waals surface area (Å²) in [6, 6.07) is 14.7. The van der Waals surface area contributed by atoms with Crippen LogP contribution in [-0.4, -0.2) is 29.8 Å². The molecule has 2 N–H and O–H groups in total. The molecule has 1 aliphatic rings. The zero-order valence-electron chi connectivity index (χ0n) is 15.7. The number of hydrogen-bond acceptors (Lipinski definition) is 2. The van der Waals surface area contributed by atoms with Crippen LogP contribution >= 0.6 is 0 Å². The van der Waals surface area contributed by atoms with Crippen molar-refractivity contribution in [3.05, 3.63) is 81.6 Å². The van der Waals surface area contributed by atoms with Gasteiger partial charge in [-0.3, -0.25) is 15.7 Å². The maximum atomic E-state index is 9.00. The van der Waals surface area contributed by atoms with E-state index in [0.29, 0.717) is 0 Å². The number of rotatable bonds is 0. The molecule has 2 radical (unpaired) electrons. The molecular weight excluding hydrogens is 380 g/mol. The molecule has 0 unspecified atom stereocenters. The largest absolute Gasteiger partial charge is 0.168 e. The normalized spacial score (nSPS) is 8.96. The summed E-state index contributed by atoms with van der Waals surface area (Å²) in [7, 11) is 2.97. The number of carbonyl (C=O) groups is 2. The van der Waals surface area contributed by atoms with Crippen molar-refractivity contribution in [2.45, 2.75) is 20.3 Å². The molecule has 3 rings (SSSR count). The molecule has 142 valence electrons. The van der Waals surface area contributed by atoms with Gasteiger partial charge in [-0.15, -0.1) is 36.1 Å². The van der Waals surface area contributed by atoms with Crippen molar-refractivity contribution in [3.8, 4) is 0 Å². The van der Waals surface area contributed by atoms with E-state index in [1.165, 1.54) is 10.8 Å². The molecule has 0 amide bonds. The summed E-state index contributed by atoms with van der Waals surface area (Å²) in [4.78, 5) is 18.0. The molecule has 6 heteroatoms. The zero-order chi connectivity index (χ0) is 18.8. The standard InChI is InChI=1S/C9H7.C5H5.2C2H4O2.2CH3.Si.Ti/c1-2-5-9-7-3-6-8(9)4-1;1-2-4-5-3-1;2*1-2(3)4;;;;/h1-7H;1-3H,4H2;2*1H3,(H,3,4);2*1H3;;/q2*-1;;;2*-1;;. The molecule has 0 aliphatic heterocycles. The molecule has 0 fully saturated rings. The van der Waals surface area contributed by atoms with E-state index in [4.69, 9.17) is 19.8 Å². The monoisotopic (exact) mass is 406 g/mol. The first-order valence-corrected chi connectivity index (χ1v) is 9.74. The number of benzene rings is 1. The maximum Gasteiger partial charge on any atom is -0.0809 e. The van der Waals surface area contributed by atoms with E-state index in [1.54, 1.807) is 19.2 Å². The Hall–Kier alpha value is -1.82. The Bertz CT molecular complexity index is 588. The summed E-state index contributed by atoms with van der Waals surface area (Å²) >= 11 is 1.81. The van der Waals surface area contributed by atoms with Crippen LogP contribution in [0.4, 0.5) is 0 Å². The molecule has 1 aliphatic carbocycles. The summed E-state index contributed by atoms with van der Waals surface area (Å²) in [5.74, 6) is -1.67. The molecule has 0 heterocycles. The Balaban J connectivity index is -0.000000125. The molecule has 0 aromatic heterocycles. The molecule has 4 nitrogen and oxygen atoms in total. The first-order chi connectivity index (χ1) is 11.4. The van der Waals surface area contributed by atoms with Crippen LogP contribution in [0.25, 0.3) is 10.8 Å². The summed E-state index contributed by atoms with van der Waals surface area (Å²) in [6.07, 6.45) is 10.0. The van der Waals surface area contributed by atoms with Crippen LogP contribution in [0, 0.1) is 20.9 Å². The number of carboxylic acids is 2. The van der Waals surface area contributed by atoms with E-state index >= 15 is 0 Å². The van der Waals surface area contributed by atoms with Gasteiger partial charge >= 0.3 is 26.8 Å². The zero-order valence-corrected chi connectivity index (χ0v) is 18.3. The van der Waals surface area contributed by atoms with Crippen LogP contribution in [0.15, 0.2) is 60.7 Å². The molecule has 0 bridgehead atoms. The molecule has 0 atom stereocenters. The quantitative estimate of drug-likeness (QED) is 0.497. The van der Waals surface area contributed by atoms with Gasteiger partial charge in [0, 0.05) is 13.8 Å². The second-order valence-electron chi connectivity index (χ2n) is 4.20. The molecule has 0 saturated heterocycles. The van der Waals surface area contributed by atoms with Gasteiger partial charge in [0.15, 0.2) is 0 Å². The summed E-state index contributed by atoms with van der Waals surface area (Å²) < 4.78 is 0. The van der Waals surface area contributed by atoms with Crippen molar-refractivity contribution in [2.24, 2.45) is 0 Å². The molecule has 2 aromatic rings. The summed E-state index contributed by atoms with van der Waals surface area (Å²) in [5, 5.41) is 17.5. The van der Waals surface area contributed by atoms with Gasteiger partial charge < -0.3 is 25.1 Å². The fourth-order valence-electron chi connectivity index (χ4n) is 1.41. The van der Waals surface area contributed by atoms with E-state index in [9.17, 15) is 0 Å². The number of aliphatic carboxylic acids is 2.